The highest BCUT2D eigenvalue weighted by molar-refractivity contribution is 7.15. The Balaban J connectivity index is 2.56. The Hall–Kier alpha value is -0.810. The summed E-state index contributed by atoms with van der Waals surface area (Å²) in [6.07, 6.45) is 0. The molecule has 0 saturated heterocycles. The molecule has 5 heteroatoms. The first-order chi connectivity index (χ1) is 8.45. The highest BCUT2D eigenvalue weighted by atomic mass is 32.1. The minimum absolute atomic E-state index is 0.678. The molecule has 1 aromatic rings. The van der Waals surface area contributed by atoms with Crippen molar-refractivity contribution in [1.82, 2.24) is 10.3 Å². The lowest BCUT2D eigenvalue weighted by Gasteiger charge is -2.15. The number of thiazole rings is 1. The van der Waals surface area contributed by atoms with Gasteiger partial charge in [-0.25, -0.2) is 0 Å². The third-order valence-corrected chi connectivity index (χ3v) is 4.32. The first-order valence-electron chi connectivity index (χ1n) is 6.37. The topological polar surface area (TPSA) is 37.4 Å². The summed E-state index contributed by atoms with van der Waals surface area (Å²) >= 11 is 1.68. The molecule has 0 aliphatic heterocycles. The van der Waals surface area contributed by atoms with Crippen LogP contribution in [0.15, 0.2) is 0 Å². The van der Waals surface area contributed by atoms with E-state index in [1.165, 1.54) is 0 Å². The Morgan fingerprint density at radius 3 is 2.50 bits per heavy atom. The fourth-order valence-corrected chi connectivity index (χ4v) is 2.36. The quantitative estimate of drug-likeness (QED) is 0.827. The van der Waals surface area contributed by atoms with E-state index in [1.54, 1.807) is 18.4 Å². The summed E-state index contributed by atoms with van der Waals surface area (Å²) in [7, 11) is 5.67. The Kier molecular flexibility index (Phi) is 5.88. The van der Waals surface area contributed by atoms with Crippen LogP contribution in [0.5, 0.6) is 5.88 Å². The fraction of sp³-hybridized carbons (Fsp3) is 0.769. The summed E-state index contributed by atoms with van der Waals surface area (Å²) in [4.78, 5) is 7.61. The second-order valence-corrected chi connectivity index (χ2v) is 6.24. The molecule has 1 rings (SSSR count). The minimum Gasteiger partial charge on any atom is -0.480 e. The van der Waals surface area contributed by atoms with Crippen molar-refractivity contribution in [2.75, 3.05) is 32.6 Å². The second kappa shape index (κ2) is 6.95. The molecule has 18 heavy (non-hydrogen) atoms. The molecule has 104 valence electrons. The van der Waals surface area contributed by atoms with Crippen molar-refractivity contribution in [2.24, 2.45) is 11.8 Å². The lowest BCUT2D eigenvalue weighted by Crippen LogP contribution is -2.23. The maximum Gasteiger partial charge on any atom is 0.230 e. The normalized spacial score (nSPS) is 12.8. The van der Waals surface area contributed by atoms with Crippen molar-refractivity contribution in [3.05, 3.63) is 4.88 Å². The van der Waals surface area contributed by atoms with E-state index in [1.807, 2.05) is 19.0 Å². The Morgan fingerprint density at radius 2 is 2.00 bits per heavy atom. The van der Waals surface area contributed by atoms with E-state index in [2.05, 4.69) is 31.1 Å². The van der Waals surface area contributed by atoms with E-state index >= 15 is 0 Å². The van der Waals surface area contributed by atoms with Crippen LogP contribution in [-0.4, -0.2) is 32.7 Å². The summed E-state index contributed by atoms with van der Waals surface area (Å²) in [5.74, 6) is 2.13. The van der Waals surface area contributed by atoms with Gasteiger partial charge in [-0.05, 0) is 18.4 Å². The number of rotatable bonds is 7. The standard InChI is InChI=1S/C13H25N3OS/c1-9(2)10(3)7-14-8-11-12(17-6)15-13(18-11)16(4)5/h9-10,14H,7-8H2,1-6H3. The van der Waals surface area contributed by atoms with Crippen LogP contribution in [0.25, 0.3) is 0 Å². The number of hydrogen-bond donors (Lipinski definition) is 1. The summed E-state index contributed by atoms with van der Waals surface area (Å²) in [5, 5.41) is 4.47. The largest absolute Gasteiger partial charge is 0.480 e. The summed E-state index contributed by atoms with van der Waals surface area (Å²) in [6, 6.07) is 0. The predicted octanol–water partition coefficient (Wildman–Crippen LogP) is 2.60. The number of aromatic nitrogens is 1. The lowest BCUT2D eigenvalue weighted by atomic mass is 9.98. The van der Waals surface area contributed by atoms with Crippen LogP contribution in [0.1, 0.15) is 25.6 Å². The first-order valence-corrected chi connectivity index (χ1v) is 7.19. The minimum atomic E-state index is 0.678. The molecule has 4 nitrogen and oxygen atoms in total. The van der Waals surface area contributed by atoms with Gasteiger partial charge in [-0.1, -0.05) is 32.1 Å². The van der Waals surface area contributed by atoms with Gasteiger partial charge in [-0.3, -0.25) is 0 Å². The molecule has 0 aliphatic carbocycles. The maximum atomic E-state index is 5.31. The molecular weight excluding hydrogens is 246 g/mol. The van der Waals surface area contributed by atoms with Gasteiger partial charge in [0.25, 0.3) is 0 Å². The van der Waals surface area contributed by atoms with Gasteiger partial charge in [0.1, 0.15) is 0 Å². The maximum absolute atomic E-state index is 5.31. The average molecular weight is 271 g/mol. The highest BCUT2D eigenvalue weighted by Gasteiger charge is 2.13. The van der Waals surface area contributed by atoms with Crippen LogP contribution >= 0.6 is 11.3 Å². The average Bonchev–Trinajstić information content (AvgIpc) is 2.72. The molecule has 0 bridgehead atoms. The Labute approximate surface area is 114 Å². The lowest BCUT2D eigenvalue weighted by molar-refractivity contribution is 0.381. The molecule has 0 aliphatic rings. The van der Waals surface area contributed by atoms with Crippen molar-refractivity contribution in [1.29, 1.82) is 0 Å². The van der Waals surface area contributed by atoms with Crippen molar-refractivity contribution in [3.63, 3.8) is 0 Å². The zero-order chi connectivity index (χ0) is 13.7. The van der Waals surface area contributed by atoms with Crippen LogP contribution in [0, 0.1) is 11.8 Å². The SMILES string of the molecule is COc1nc(N(C)C)sc1CNCC(C)C(C)C. The van der Waals surface area contributed by atoms with Crippen LogP contribution in [0.2, 0.25) is 0 Å². The summed E-state index contributed by atoms with van der Waals surface area (Å²) in [5.41, 5.74) is 0. The van der Waals surface area contributed by atoms with E-state index < -0.39 is 0 Å². The molecule has 0 saturated carbocycles. The third-order valence-electron chi connectivity index (χ3n) is 3.12. The number of anilines is 1. The van der Waals surface area contributed by atoms with Crippen molar-refractivity contribution < 1.29 is 4.74 Å². The van der Waals surface area contributed by atoms with Crippen LogP contribution in [-0.2, 0) is 6.54 Å². The Bertz CT molecular complexity index is 363. The van der Waals surface area contributed by atoms with Crippen LogP contribution < -0.4 is 15.0 Å². The zero-order valence-corrected chi connectivity index (χ0v) is 13.1. The number of nitrogens with one attached hydrogen (secondary N) is 1. The van der Waals surface area contributed by atoms with Crippen molar-refractivity contribution >= 4 is 16.5 Å². The molecule has 0 amide bonds. The molecule has 1 heterocycles. The number of ether oxygens (including phenoxy) is 1. The van der Waals surface area contributed by atoms with Gasteiger partial charge in [0.15, 0.2) is 5.13 Å². The second-order valence-electron chi connectivity index (χ2n) is 5.18. The van der Waals surface area contributed by atoms with Gasteiger partial charge in [0.2, 0.25) is 5.88 Å². The molecule has 1 N–H and O–H groups in total. The van der Waals surface area contributed by atoms with Crippen molar-refractivity contribution in [3.8, 4) is 5.88 Å². The van der Waals surface area contributed by atoms with Crippen LogP contribution in [0.3, 0.4) is 0 Å². The van der Waals surface area contributed by atoms with E-state index in [0.29, 0.717) is 11.8 Å². The molecule has 1 atom stereocenters. The van der Waals surface area contributed by atoms with Gasteiger partial charge in [0.05, 0.1) is 12.0 Å². The molecule has 0 radical (unpaired) electrons. The number of hydrogen-bond acceptors (Lipinski definition) is 5. The molecule has 0 aromatic carbocycles. The van der Waals surface area contributed by atoms with Crippen molar-refractivity contribution in [2.45, 2.75) is 27.3 Å². The Morgan fingerprint density at radius 1 is 1.33 bits per heavy atom. The number of nitrogens with zero attached hydrogens (tertiary/aromatic N) is 2. The zero-order valence-electron chi connectivity index (χ0n) is 12.3. The van der Waals surface area contributed by atoms with Gasteiger partial charge in [-0.15, -0.1) is 0 Å². The number of methoxy groups -OCH3 is 1. The summed E-state index contributed by atoms with van der Waals surface area (Å²) < 4.78 is 5.31. The first kappa shape index (κ1) is 15.2. The van der Waals surface area contributed by atoms with E-state index in [9.17, 15) is 0 Å². The molecular formula is C13H25N3OS. The molecule has 1 aromatic heterocycles. The third kappa shape index (κ3) is 4.14. The van der Waals surface area contributed by atoms with E-state index in [-0.39, 0.29) is 0 Å². The van der Waals surface area contributed by atoms with Gasteiger partial charge >= 0.3 is 0 Å². The van der Waals surface area contributed by atoms with Gasteiger partial charge < -0.3 is 15.0 Å². The molecule has 0 fully saturated rings. The van der Waals surface area contributed by atoms with Gasteiger partial charge in [0, 0.05) is 20.6 Å². The van der Waals surface area contributed by atoms with Crippen LogP contribution in [0.4, 0.5) is 5.13 Å². The highest BCUT2D eigenvalue weighted by Crippen LogP contribution is 2.30. The smallest absolute Gasteiger partial charge is 0.230 e. The monoisotopic (exact) mass is 271 g/mol. The predicted molar refractivity (Wildman–Crippen MR) is 78.7 cm³/mol. The van der Waals surface area contributed by atoms with E-state index in [4.69, 9.17) is 4.74 Å². The fourth-order valence-electron chi connectivity index (χ4n) is 1.44. The summed E-state index contributed by atoms with van der Waals surface area (Å²) in [6.45, 7) is 8.63. The molecule has 0 spiro atoms. The van der Waals surface area contributed by atoms with E-state index in [0.717, 1.165) is 29.0 Å². The van der Waals surface area contributed by atoms with Gasteiger partial charge in [-0.2, -0.15) is 4.98 Å². The molecule has 1 unspecified atom stereocenters.